The Morgan fingerprint density at radius 1 is 1.07 bits per heavy atom. The van der Waals surface area contributed by atoms with E-state index in [1.54, 1.807) is 0 Å². The monoisotopic (exact) mass is 194 g/mol. The molecule has 2 nitrogen and oxygen atoms in total. The average Bonchev–Trinajstić information content (AvgIpc) is 2.63. The number of hydrogen-bond acceptors (Lipinski definition) is 2. The molecule has 0 aliphatic heterocycles. The molecular weight excluding hydrogens is 184 g/mol. The highest BCUT2D eigenvalue weighted by Crippen LogP contribution is 2.41. The van der Waals surface area contributed by atoms with Gasteiger partial charge in [0.1, 0.15) is 0 Å². The lowest BCUT2D eigenvalue weighted by Crippen LogP contribution is -1.96. The van der Waals surface area contributed by atoms with Crippen LogP contribution in [0.4, 0.5) is 0 Å². The molecule has 15 heavy (non-hydrogen) atoms. The van der Waals surface area contributed by atoms with Crippen LogP contribution in [-0.2, 0) is 0 Å². The van der Waals surface area contributed by atoms with Crippen molar-refractivity contribution in [2.45, 2.75) is 5.92 Å². The molecule has 0 bridgehead atoms. The molecule has 1 aliphatic rings. The second-order valence-corrected chi connectivity index (χ2v) is 3.67. The molecule has 3 rings (SSSR count). The molecule has 0 saturated heterocycles. The molecule has 1 heterocycles. The summed E-state index contributed by atoms with van der Waals surface area (Å²) < 4.78 is 0. The zero-order valence-corrected chi connectivity index (χ0v) is 8.14. The van der Waals surface area contributed by atoms with Gasteiger partial charge in [0.05, 0.1) is 5.69 Å². The molecule has 0 amide bonds. The third-order valence-corrected chi connectivity index (χ3v) is 2.89. The summed E-state index contributed by atoms with van der Waals surface area (Å²) >= 11 is 0. The molecule has 0 unspecified atom stereocenters. The van der Waals surface area contributed by atoms with Crippen molar-refractivity contribution in [1.82, 2.24) is 4.98 Å². The Morgan fingerprint density at radius 3 is 2.73 bits per heavy atom. The van der Waals surface area contributed by atoms with Crippen molar-refractivity contribution in [2.75, 3.05) is 0 Å². The maximum atomic E-state index is 7.51. The van der Waals surface area contributed by atoms with Crippen molar-refractivity contribution in [2.24, 2.45) is 0 Å². The Hall–Kier alpha value is -1.96. The van der Waals surface area contributed by atoms with Crippen molar-refractivity contribution in [3.63, 3.8) is 0 Å². The number of nitrogens with one attached hydrogen (secondary N) is 1. The van der Waals surface area contributed by atoms with Crippen LogP contribution < -0.4 is 0 Å². The summed E-state index contributed by atoms with van der Waals surface area (Å²) in [6.07, 6.45) is 3.30. The van der Waals surface area contributed by atoms with E-state index in [-0.39, 0.29) is 5.92 Å². The first-order valence-corrected chi connectivity index (χ1v) is 4.96. The maximum absolute atomic E-state index is 7.51. The fourth-order valence-corrected chi connectivity index (χ4v) is 2.22. The van der Waals surface area contributed by atoms with E-state index in [0.717, 1.165) is 11.3 Å². The number of nitrogens with zero attached hydrogens (tertiary/aromatic N) is 1. The zero-order valence-electron chi connectivity index (χ0n) is 8.14. The molecule has 0 fully saturated rings. The minimum absolute atomic E-state index is 0.0879. The third-order valence-electron chi connectivity index (χ3n) is 2.89. The topological polar surface area (TPSA) is 36.7 Å². The number of hydrogen-bond donors (Lipinski definition) is 1. The van der Waals surface area contributed by atoms with E-state index >= 15 is 0 Å². The van der Waals surface area contributed by atoms with Crippen LogP contribution in [0, 0.1) is 5.41 Å². The predicted octanol–water partition coefficient (Wildman–Crippen LogP) is 2.84. The van der Waals surface area contributed by atoms with Gasteiger partial charge in [-0.1, -0.05) is 30.3 Å². The molecular formula is C13H10N2. The van der Waals surface area contributed by atoms with E-state index in [0.29, 0.717) is 0 Å². The van der Waals surface area contributed by atoms with Crippen LogP contribution in [0.3, 0.4) is 0 Å². The normalized spacial score (nSPS) is 16.9. The van der Waals surface area contributed by atoms with Gasteiger partial charge in [0.15, 0.2) is 0 Å². The van der Waals surface area contributed by atoms with Gasteiger partial charge in [0, 0.05) is 23.9 Å². The summed E-state index contributed by atoms with van der Waals surface area (Å²) in [4.78, 5) is 4.40. The van der Waals surface area contributed by atoms with Gasteiger partial charge >= 0.3 is 0 Å². The third kappa shape index (κ3) is 1.05. The minimum atomic E-state index is 0.0879. The summed E-state index contributed by atoms with van der Waals surface area (Å²) in [7, 11) is 0. The summed E-state index contributed by atoms with van der Waals surface area (Å²) in [6.45, 7) is 0. The van der Waals surface area contributed by atoms with E-state index in [9.17, 15) is 0 Å². The maximum Gasteiger partial charge on any atom is 0.0747 e. The standard InChI is InChI=1S/C13H10N2/c14-8-12-9-4-1-2-5-10(9)13-11(12)6-3-7-15-13/h1-8,12,14H/t12-/m0/s1. The molecule has 1 N–H and O–H groups in total. The van der Waals surface area contributed by atoms with Gasteiger partial charge in [-0.15, -0.1) is 0 Å². The van der Waals surface area contributed by atoms with Gasteiger partial charge in [0.25, 0.3) is 0 Å². The molecule has 1 aromatic heterocycles. The molecule has 0 spiro atoms. The van der Waals surface area contributed by atoms with Crippen molar-refractivity contribution >= 4 is 6.21 Å². The van der Waals surface area contributed by atoms with Crippen molar-refractivity contribution in [3.8, 4) is 11.3 Å². The van der Waals surface area contributed by atoms with Crippen molar-refractivity contribution < 1.29 is 0 Å². The van der Waals surface area contributed by atoms with Gasteiger partial charge < -0.3 is 5.41 Å². The van der Waals surface area contributed by atoms with E-state index in [2.05, 4.69) is 23.2 Å². The second kappa shape index (κ2) is 3.02. The lowest BCUT2D eigenvalue weighted by Gasteiger charge is -2.04. The highest BCUT2D eigenvalue weighted by atomic mass is 14.7. The first kappa shape index (κ1) is 8.36. The van der Waals surface area contributed by atoms with Crippen LogP contribution in [0.1, 0.15) is 17.0 Å². The molecule has 2 heteroatoms. The largest absolute Gasteiger partial charge is 0.312 e. The first-order chi connectivity index (χ1) is 7.42. The van der Waals surface area contributed by atoms with Gasteiger partial charge in [-0.2, -0.15) is 0 Å². The Morgan fingerprint density at radius 2 is 1.87 bits per heavy atom. The summed E-state index contributed by atoms with van der Waals surface area (Å²) in [6, 6.07) is 12.2. The Labute approximate surface area is 88.1 Å². The van der Waals surface area contributed by atoms with E-state index < -0.39 is 0 Å². The van der Waals surface area contributed by atoms with Gasteiger partial charge in [-0.3, -0.25) is 4.98 Å². The highest BCUT2D eigenvalue weighted by molar-refractivity contribution is 5.86. The lowest BCUT2D eigenvalue weighted by molar-refractivity contribution is 1.13. The molecule has 1 aromatic carbocycles. The summed E-state index contributed by atoms with van der Waals surface area (Å²) in [5.41, 5.74) is 4.54. The van der Waals surface area contributed by atoms with Crippen molar-refractivity contribution in [3.05, 3.63) is 53.7 Å². The molecule has 72 valence electrons. The Bertz CT molecular complexity index is 486. The van der Waals surface area contributed by atoms with Crippen molar-refractivity contribution in [1.29, 1.82) is 5.41 Å². The van der Waals surface area contributed by atoms with Gasteiger partial charge in [0.2, 0.25) is 0 Å². The van der Waals surface area contributed by atoms with Crippen LogP contribution in [0.25, 0.3) is 11.3 Å². The lowest BCUT2D eigenvalue weighted by atomic mass is 9.99. The minimum Gasteiger partial charge on any atom is -0.312 e. The number of rotatable bonds is 1. The highest BCUT2D eigenvalue weighted by Gasteiger charge is 2.27. The fraction of sp³-hybridized carbons (Fsp3) is 0.0769. The number of fused-ring (bicyclic) bond motifs is 3. The number of pyridine rings is 1. The van der Waals surface area contributed by atoms with Gasteiger partial charge in [-0.25, -0.2) is 0 Å². The second-order valence-electron chi connectivity index (χ2n) is 3.67. The van der Waals surface area contributed by atoms with Crippen LogP contribution >= 0.6 is 0 Å². The van der Waals surface area contributed by atoms with Crippen LogP contribution in [-0.4, -0.2) is 11.2 Å². The van der Waals surface area contributed by atoms with Crippen LogP contribution in [0.5, 0.6) is 0 Å². The Kier molecular flexibility index (Phi) is 1.68. The predicted molar refractivity (Wildman–Crippen MR) is 60.3 cm³/mol. The van der Waals surface area contributed by atoms with E-state index in [1.807, 2.05) is 24.4 Å². The fourth-order valence-electron chi connectivity index (χ4n) is 2.22. The Balaban J connectivity index is 2.35. The first-order valence-electron chi connectivity index (χ1n) is 4.96. The van der Waals surface area contributed by atoms with Gasteiger partial charge in [-0.05, 0) is 17.2 Å². The molecule has 0 radical (unpaired) electrons. The number of aromatic nitrogens is 1. The van der Waals surface area contributed by atoms with E-state index in [1.165, 1.54) is 17.3 Å². The zero-order chi connectivity index (χ0) is 10.3. The average molecular weight is 194 g/mol. The smallest absolute Gasteiger partial charge is 0.0747 e. The molecule has 2 aromatic rings. The van der Waals surface area contributed by atoms with Crippen LogP contribution in [0.2, 0.25) is 0 Å². The molecule has 0 saturated carbocycles. The van der Waals surface area contributed by atoms with Crippen LogP contribution in [0.15, 0.2) is 42.6 Å². The molecule has 1 atom stereocenters. The number of benzene rings is 1. The molecule has 1 aliphatic carbocycles. The quantitative estimate of drug-likeness (QED) is 0.696. The van der Waals surface area contributed by atoms with E-state index in [4.69, 9.17) is 5.41 Å². The summed E-state index contributed by atoms with van der Waals surface area (Å²) in [5, 5.41) is 7.51. The summed E-state index contributed by atoms with van der Waals surface area (Å²) in [5.74, 6) is 0.0879. The SMILES string of the molecule is N=C[C@H]1c2ccccc2-c2ncccc21.